The van der Waals surface area contributed by atoms with Crippen LogP contribution >= 0.6 is 0 Å². The molecule has 0 radical (unpaired) electrons. The summed E-state index contributed by atoms with van der Waals surface area (Å²) in [7, 11) is 1.69. The first kappa shape index (κ1) is 8.96. The normalized spacial score (nSPS) is 12.8. The third-order valence-electron chi connectivity index (χ3n) is 1.56. The lowest BCUT2D eigenvalue weighted by Gasteiger charge is -2.06. The van der Waals surface area contributed by atoms with E-state index in [-0.39, 0.29) is 12.3 Å². The second-order valence-corrected chi connectivity index (χ2v) is 2.52. The van der Waals surface area contributed by atoms with Gasteiger partial charge >= 0.3 is 0 Å². The summed E-state index contributed by atoms with van der Waals surface area (Å²) < 4.78 is 0. The maximum Gasteiger partial charge on any atom is 0.208 e. The lowest BCUT2D eigenvalue weighted by Crippen LogP contribution is -2.31. The molecule has 0 aliphatic rings. The number of H-pyrrole nitrogens is 1. The number of aliphatic hydroxyl groups excluding tert-OH is 1. The van der Waals surface area contributed by atoms with Crippen molar-refractivity contribution < 1.29 is 9.90 Å². The van der Waals surface area contributed by atoms with E-state index in [0.29, 0.717) is 5.69 Å². The van der Waals surface area contributed by atoms with Crippen LogP contribution in [0, 0.1) is 0 Å². The third-order valence-corrected chi connectivity index (χ3v) is 1.56. The molecule has 1 aromatic heterocycles. The Bertz CT molecular complexity index is 244. The zero-order valence-corrected chi connectivity index (χ0v) is 6.87. The largest absolute Gasteiger partial charge is 0.384 e. The van der Waals surface area contributed by atoms with Gasteiger partial charge in [0.1, 0.15) is 6.10 Å². The Kier molecular flexibility index (Phi) is 3.01. The highest BCUT2D eigenvalue weighted by Gasteiger charge is 2.16. The number of rotatable bonds is 4. The number of Topliss-reactive ketones (excluding diaryl/α,β-unsaturated/α-hetero) is 1. The standard InChI is InChI=1S/C8H12N2O2/c1-9-5-7(11)8(12)6-3-2-4-10-6/h2-4,7,9-11H,5H2,1H3. The summed E-state index contributed by atoms with van der Waals surface area (Å²) in [6.07, 6.45) is 0.688. The first-order valence-electron chi connectivity index (χ1n) is 3.76. The van der Waals surface area contributed by atoms with Crippen LogP contribution in [0.1, 0.15) is 10.5 Å². The molecule has 0 aliphatic heterocycles. The quantitative estimate of drug-likeness (QED) is 0.544. The number of hydrogen-bond donors (Lipinski definition) is 3. The van der Waals surface area contributed by atoms with E-state index in [1.165, 1.54) is 0 Å². The number of nitrogens with one attached hydrogen (secondary N) is 2. The van der Waals surface area contributed by atoms with Crippen molar-refractivity contribution in [1.29, 1.82) is 0 Å². The van der Waals surface area contributed by atoms with Crippen LogP contribution in [0.25, 0.3) is 0 Å². The summed E-state index contributed by atoms with van der Waals surface area (Å²) in [5, 5.41) is 12.0. The van der Waals surface area contributed by atoms with Crippen LogP contribution in [-0.2, 0) is 0 Å². The highest BCUT2D eigenvalue weighted by Crippen LogP contribution is 1.99. The number of hydrogen-bond acceptors (Lipinski definition) is 3. The van der Waals surface area contributed by atoms with E-state index in [1.807, 2.05) is 0 Å². The number of likely N-dealkylation sites (N-methyl/N-ethyl adjacent to an activating group) is 1. The minimum absolute atomic E-state index is 0.276. The van der Waals surface area contributed by atoms with Crippen molar-refractivity contribution in [2.24, 2.45) is 0 Å². The smallest absolute Gasteiger partial charge is 0.208 e. The molecule has 4 heteroatoms. The summed E-state index contributed by atoms with van der Waals surface area (Å²) in [4.78, 5) is 14.0. The van der Waals surface area contributed by atoms with Crippen LogP contribution in [0.3, 0.4) is 0 Å². The fraction of sp³-hybridized carbons (Fsp3) is 0.375. The maximum absolute atomic E-state index is 11.3. The van der Waals surface area contributed by atoms with Gasteiger partial charge in [0.15, 0.2) is 0 Å². The summed E-state index contributed by atoms with van der Waals surface area (Å²) in [5.41, 5.74) is 0.442. The van der Waals surface area contributed by atoms with E-state index < -0.39 is 6.10 Å². The molecule has 0 spiro atoms. The van der Waals surface area contributed by atoms with Crippen molar-refractivity contribution in [3.05, 3.63) is 24.0 Å². The van der Waals surface area contributed by atoms with Crippen molar-refractivity contribution in [2.75, 3.05) is 13.6 Å². The fourth-order valence-electron chi connectivity index (χ4n) is 0.949. The zero-order valence-electron chi connectivity index (χ0n) is 6.87. The van der Waals surface area contributed by atoms with Crippen molar-refractivity contribution in [1.82, 2.24) is 10.3 Å². The number of aromatic nitrogens is 1. The number of aliphatic hydroxyl groups is 1. The molecular weight excluding hydrogens is 156 g/mol. The average molecular weight is 168 g/mol. The van der Waals surface area contributed by atoms with Gasteiger partial charge in [-0.1, -0.05) is 0 Å². The number of aromatic amines is 1. The molecule has 4 nitrogen and oxygen atoms in total. The van der Waals surface area contributed by atoms with E-state index in [1.54, 1.807) is 25.4 Å². The molecule has 1 unspecified atom stereocenters. The van der Waals surface area contributed by atoms with Crippen LogP contribution in [0.4, 0.5) is 0 Å². The number of ketones is 1. The van der Waals surface area contributed by atoms with E-state index in [4.69, 9.17) is 0 Å². The van der Waals surface area contributed by atoms with Gasteiger partial charge in [-0.15, -0.1) is 0 Å². The molecule has 0 bridgehead atoms. The molecule has 0 amide bonds. The predicted molar refractivity (Wildman–Crippen MR) is 45.1 cm³/mol. The molecule has 66 valence electrons. The Labute approximate surface area is 70.6 Å². The topological polar surface area (TPSA) is 65.1 Å². The van der Waals surface area contributed by atoms with Crippen LogP contribution in [0.15, 0.2) is 18.3 Å². The lowest BCUT2D eigenvalue weighted by atomic mass is 10.2. The third kappa shape index (κ3) is 1.93. The zero-order chi connectivity index (χ0) is 8.97. The second-order valence-electron chi connectivity index (χ2n) is 2.52. The molecule has 1 aromatic rings. The monoisotopic (exact) mass is 168 g/mol. The van der Waals surface area contributed by atoms with Crippen LogP contribution in [0.5, 0.6) is 0 Å². The average Bonchev–Trinajstić information content (AvgIpc) is 2.55. The van der Waals surface area contributed by atoms with Gasteiger partial charge < -0.3 is 15.4 Å². The van der Waals surface area contributed by atoms with E-state index in [9.17, 15) is 9.90 Å². The maximum atomic E-state index is 11.3. The van der Waals surface area contributed by atoms with Crippen LogP contribution < -0.4 is 5.32 Å². The van der Waals surface area contributed by atoms with Crippen LogP contribution in [-0.4, -0.2) is 35.6 Å². The highest BCUT2D eigenvalue weighted by atomic mass is 16.3. The van der Waals surface area contributed by atoms with Gasteiger partial charge in [-0.25, -0.2) is 0 Å². The Morgan fingerprint density at radius 1 is 1.83 bits per heavy atom. The fourth-order valence-corrected chi connectivity index (χ4v) is 0.949. The Morgan fingerprint density at radius 2 is 2.58 bits per heavy atom. The van der Waals surface area contributed by atoms with Gasteiger partial charge in [0.05, 0.1) is 5.69 Å². The first-order valence-corrected chi connectivity index (χ1v) is 3.76. The van der Waals surface area contributed by atoms with Crippen molar-refractivity contribution in [2.45, 2.75) is 6.10 Å². The Balaban J connectivity index is 2.59. The molecule has 12 heavy (non-hydrogen) atoms. The van der Waals surface area contributed by atoms with Gasteiger partial charge in [0, 0.05) is 12.7 Å². The molecule has 1 atom stereocenters. The van der Waals surface area contributed by atoms with Gasteiger partial charge in [-0.05, 0) is 19.2 Å². The van der Waals surface area contributed by atoms with Crippen molar-refractivity contribution in [3.8, 4) is 0 Å². The summed E-state index contributed by atoms with van der Waals surface area (Å²) in [5.74, 6) is -0.283. The lowest BCUT2D eigenvalue weighted by molar-refractivity contribution is 0.0745. The van der Waals surface area contributed by atoms with Gasteiger partial charge in [-0.3, -0.25) is 4.79 Å². The number of carbonyl (C=O) groups is 1. The molecule has 0 fully saturated rings. The van der Waals surface area contributed by atoms with E-state index >= 15 is 0 Å². The number of carbonyl (C=O) groups excluding carboxylic acids is 1. The summed E-state index contributed by atoms with van der Waals surface area (Å²) in [6.45, 7) is 0.276. The molecule has 0 aliphatic carbocycles. The second kappa shape index (κ2) is 4.04. The van der Waals surface area contributed by atoms with Gasteiger partial charge in [0.2, 0.25) is 5.78 Å². The van der Waals surface area contributed by atoms with E-state index in [0.717, 1.165) is 0 Å². The SMILES string of the molecule is CNCC(O)C(=O)c1ccc[nH]1. The Morgan fingerprint density at radius 3 is 3.08 bits per heavy atom. The molecule has 0 saturated heterocycles. The molecule has 3 N–H and O–H groups in total. The van der Waals surface area contributed by atoms with Gasteiger partial charge in [-0.2, -0.15) is 0 Å². The van der Waals surface area contributed by atoms with Crippen molar-refractivity contribution >= 4 is 5.78 Å². The minimum atomic E-state index is -0.964. The van der Waals surface area contributed by atoms with Crippen LogP contribution in [0.2, 0.25) is 0 Å². The van der Waals surface area contributed by atoms with Gasteiger partial charge in [0.25, 0.3) is 0 Å². The van der Waals surface area contributed by atoms with E-state index in [2.05, 4.69) is 10.3 Å². The molecule has 0 aromatic carbocycles. The first-order chi connectivity index (χ1) is 5.75. The molecular formula is C8H12N2O2. The molecule has 1 heterocycles. The summed E-state index contributed by atoms with van der Waals surface area (Å²) in [6, 6.07) is 3.36. The Hall–Kier alpha value is -1.13. The molecule has 0 saturated carbocycles. The molecule has 1 rings (SSSR count). The predicted octanol–water partition coefficient (Wildman–Crippen LogP) is -0.222. The summed E-state index contributed by atoms with van der Waals surface area (Å²) >= 11 is 0. The minimum Gasteiger partial charge on any atom is -0.384 e. The highest BCUT2D eigenvalue weighted by molar-refractivity contribution is 5.97. The van der Waals surface area contributed by atoms with Crippen molar-refractivity contribution in [3.63, 3.8) is 0 Å².